The number of carbonyl (C=O) groups is 1. The first-order valence-electron chi connectivity index (χ1n) is 9.25. The number of hydrogen-bond acceptors (Lipinski definition) is 3. The van der Waals surface area contributed by atoms with Gasteiger partial charge in [-0.3, -0.25) is 9.36 Å². The minimum atomic E-state index is 0.213. The number of aromatic nitrogens is 2. The summed E-state index contributed by atoms with van der Waals surface area (Å²) < 4.78 is 2.17. The van der Waals surface area contributed by atoms with E-state index in [0.717, 1.165) is 42.2 Å². The maximum atomic E-state index is 12.6. The Bertz CT molecular complexity index is 903. The Morgan fingerprint density at radius 1 is 1.15 bits per heavy atom. The zero-order valence-electron chi connectivity index (χ0n) is 15.1. The molecule has 1 aliphatic heterocycles. The second-order valence-electron chi connectivity index (χ2n) is 6.88. The van der Waals surface area contributed by atoms with Crippen LogP contribution >= 0.6 is 0 Å². The molecule has 1 aliphatic rings. The molecule has 1 unspecified atom stereocenters. The highest BCUT2D eigenvalue weighted by Crippen LogP contribution is 2.22. The van der Waals surface area contributed by atoms with Gasteiger partial charge in [0.25, 0.3) is 0 Å². The monoisotopic (exact) mass is 348 g/mol. The largest absolute Gasteiger partial charge is 0.340 e. The minimum absolute atomic E-state index is 0.213. The number of nitrogens with zero attached hydrogens (tertiary/aromatic N) is 3. The summed E-state index contributed by atoms with van der Waals surface area (Å²) in [5, 5.41) is 3.38. The van der Waals surface area contributed by atoms with Gasteiger partial charge < -0.3 is 10.2 Å². The van der Waals surface area contributed by atoms with Crippen molar-refractivity contribution < 1.29 is 4.79 Å². The van der Waals surface area contributed by atoms with Gasteiger partial charge in [-0.15, -0.1) is 0 Å². The first-order chi connectivity index (χ1) is 12.7. The zero-order valence-corrected chi connectivity index (χ0v) is 15.1. The molecule has 0 saturated carbocycles. The van der Waals surface area contributed by atoms with Crippen LogP contribution < -0.4 is 5.32 Å². The molecule has 4 rings (SSSR count). The van der Waals surface area contributed by atoms with E-state index in [4.69, 9.17) is 4.98 Å². The van der Waals surface area contributed by atoms with Gasteiger partial charge in [0.1, 0.15) is 5.82 Å². The fraction of sp³-hybridized carbons (Fsp3) is 0.333. The molecule has 1 N–H and O–H groups in total. The predicted octanol–water partition coefficient (Wildman–Crippen LogP) is 2.78. The molecule has 0 bridgehead atoms. The van der Waals surface area contributed by atoms with Crippen molar-refractivity contribution in [2.45, 2.75) is 25.8 Å². The van der Waals surface area contributed by atoms with Gasteiger partial charge in [0, 0.05) is 44.2 Å². The second kappa shape index (κ2) is 7.30. The van der Waals surface area contributed by atoms with Crippen molar-refractivity contribution in [1.82, 2.24) is 19.8 Å². The van der Waals surface area contributed by atoms with Crippen LogP contribution in [0.4, 0.5) is 0 Å². The molecule has 1 fully saturated rings. The summed E-state index contributed by atoms with van der Waals surface area (Å²) in [4.78, 5) is 19.4. The number of aryl methyl sites for hydroxylation is 1. The molecule has 5 heteroatoms. The van der Waals surface area contributed by atoms with Crippen LogP contribution in [-0.2, 0) is 11.2 Å². The molecule has 26 heavy (non-hydrogen) atoms. The molecule has 0 spiro atoms. The number of fused-ring (bicyclic) bond motifs is 1. The number of para-hydroxylation sites is 3. The number of piperazine rings is 1. The lowest BCUT2D eigenvalue weighted by atomic mass is 10.2. The number of hydrogen-bond donors (Lipinski definition) is 1. The molecule has 0 aliphatic carbocycles. The second-order valence-corrected chi connectivity index (χ2v) is 6.88. The minimum Gasteiger partial charge on any atom is -0.340 e. The van der Waals surface area contributed by atoms with Crippen molar-refractivity contribution in [1.29, 1.82) is 0 Å². The summed E-state index contributed by atoms with van der Waals surface area (Å²) in [5.74, 6) is 1.15. The van der Waals surface area contributed by atoms with E-state index in [1.165, 1.54) is 0 Å². The normalized spacial score (nSPS) is 17.6. The molecule has 1 amide bonds. The van der Waals surface area contributed by atoms with Crippen LogP contribution in [0.2, 0.25) is 0 Å². The van der Waals surface area contributed by atoms with E-state index in [1.54, 1.807) is 0 Å². The predicted molar refractivity (Wildman–Crippen MR) is 103 cm³/mol. The SMILES string of the molecule is CC1CN(C(=O)CCc2nc3ccccc3n2-c2ccccc2)CCN1. The quantitative estimate of drug-likeness (QED) is 0.789. The first kappa shape index (κ1) is 16.8. The summed E-state index contributed by atoms with van der Waals surface area (Å²) in [6, 6.07) is 18.7. The molecule has 0 radical (unpaired) electrons. The maximum absolute atomic E-state index is 12.6. The molecular formula is C21H24N4O. The summed E-state index contributed by atoms with van der Waals surface area (Å²) in [7, 11) is 0. The summed E-state index contributed by atoms with van der Waals surface area (Å²) in [6.45, 7) is 4.57. The Balaban J connectivity index is 1.59. The van der Waals surface area contributed by atoms with Crippen LogP contribution in [0.5, 0.6) is 0 Å². The van der Waals surface area contributed by atoms with Crippen molar-refractivity contribution in [2.24, 2.45) is 0 Å². The number of amides is 1. The van der Waals surface area contributed by atoms with Crippen LogP contribution in [0.25, 0.3) is 16.7 Å². The summed E-state index contributed by atoms with van der Waals surface area (Å²) in [5.41, 5.74) is 3.13. The number of carbonyl (C=O) groups excluding carboxylic acids is 1. The van der Waals surface area contributed by atoms with Gasteiger partial charge in [-0.2, -0.15) is 0 Å². The fourth-order valence-electron chi connectivity index (χ4n) is 3.64. The van der Waals surface area contributed by atoms with E-state index in [2.05, 4.69) is 35.0 Å². The van der Waals surface area contributed by atoms with Crippen molar-refractivity contribution in [3.05, 3.63) is 60.4 Å². The number of rotatable bonds is 4. The lowest BCUT2D eigenvalue weighted by molar-refractivity contribution is -0.132. The standard InChI is InChI=1S/C21H24N4O/c1-16-15-24(14-13-22-16)21(26)12-11-20-23-18-9-5-6-10-19(18)25(20)17-7-3-2-4-8-17/h2-10,16,22H,11-15H2,1H3. The Hall–Kier alpha value is -2.66. The highest BCUT2D eigenvalue weighted by molar-refractivity contribution is 5.79. The third-order valence-electron chi connectivity index (χ3n) is 4.93. The van der Waals surface area contributed by atoms with Gasteiger partial charge in [-0.1, -0.05) is 30.3 Å². The van der Waals surface area contributed by atoms with Crippen LogP contribution in [0.15, 0.2) is 54.6 Å². The van der Waals surface area contributed by atoms with Crippen molar-refractivity contribution >= 4 is 16.9 Å². The van der Waals surface area contributed by atoms with Crippen LogP contribution in [-0.4, -0.2) is 46.0 Å². The number of benzene rings is 2. The van der Waals surface area contributed by atoms with Gasteiger partial charge in [0.15, 0.2) is 0 Å². The highest BCUT2D eigenvalue weighted by atomic mass is 16.2. The van der Waals surface area contributed by atoms with Gasteiger partial charge >= 0.3 is 0 Å². The Morgan fingerprint density at radius 3 is 2.73 bits per heavy atom. The summed E-state index contributed by atoms with van der Waals surface area (Å²) >= 11 is 0. The lowest BCUT2D eigenvalue weighted by Gasteiger charge is -2.32. The molecule has 1 aromatic heterocycles. The van der Waals surface area contributed by atoms with Crippen molar-refractivity contribution in [3.63, 3.8) is 0 Å². The van der Waals surface area contributed by atoms with Crippen molar-refractivity contribution in [2.75, 3.05) is 19.6 Å². The third kappa shape index (κ3) is 3.35. The maximum Gasteiger partial charge on any atom is 0.223 e. The van der Waals surface area contributed by atoms with Crippen molar-refractivity contribution in [3.8, 4) is 5.69 Å². The molecular weight excluding hydrogens is 324 g/mol. The first-order valence-corrected chi connectivity index (χ1v) is 9.25. The van der Waals surface area contributed by atoms with E-state index in [-0.39, 0.29) is 5.91 Å². The Labute approximate surface area is 153 Å². The molecule has 3 aromatic rings. The Kier molecular flexibility index (Phi) is 4.71. The molecule has 1 saturated heterocycles. The third-order valence-corrected chi connectivity index (χ3v) is 4.93. The van der Waals surface area contributed by atoms with Gasteiger partial charge in [-0.25, -0.2) is 4.98 Å². The molecule has 2 aromatic carbocycles. The molecule has 2 heterocycles. The highest BCUT2D eigenvalue weighted by Gasteiger charge is 2.21. The Morgan fingerprint density at radius 2 is 1.92 bits per heavy atom. The van der Waals surface area contributed by atoms with Crippen LogP contribution in [0, 0.1) is 0 Å². The fourth-order valence-corrected chi connectivity index (χ4v) is 3.64. The van der Waals surface area contributed by atoms with E-state index < -0.39 is 0 Å². The van der Waals surface area contributed by atoms with Crippen LogP contribution in [0.3, 0.4) is 0 Å². The smallest absolute Gasteiger partial charge is 0.223 e. The lowest BCUT2D eigenvalue weighted by Crippen LogP contribution is -2.51. The van der Waals surface area contributed by atoms with E-state index in [0.29, 0.717) is 18.9 Å². The topological polar surface area (TPSA) is 50.2 Å². The van der Waals surface area contributed by atoms with E-state index in [9.17, 15) is 4.79 Å². The number of imidazole rings is 1. The average Bonchev–Trinajstić information content (AvgIpc) is 3.05. The van der Waals surface area contributed by atoms with E-state index >= 15 is 0 Å². The molecule has 134 valence electrons. The molecule has 1 atom stereocenters. The zero-order chi connectivity index (χ0) is 17.9. The van der Waals surface area contributed by atoms with Gasteiger partial charge in [0.2, 0.25) is 5.91 Å². The van der Waals surface area contributed by atoms with Gasteiger partial charge in [-0.05, 0) is 31.2 Å². The summed E-state index contributed by atoms with van der Waals surface area (Å²) in [6.07, 6.45) is 1.13. The number of nitrogens with one attached hydrogen (secondary N) is 1. The van der Waals surface area contributed by atoms with Crippen LogP contribution in [0.1, 0.15) is 19.2 Å². The van der Waals surface area contributed by atoms with E-state index in [1.807, 2.05) is 41.3 Å². The molecule has 5 nitrogen and oxygen atoms in total. The average molecular weight is 348 g/mol. The van der Waals surface area contributed by atoms with Gasteiger partial charge in [0.05, 0.1) is 11.0 Å².